The second-order valence-electron chi connectivity index (χ2n) is 2.25. The predicted molar refractivity (Wildman–Crippen MR) is 47.7 cm³/mol. The lowest BCUT2D eigenvalue weighted by Crippen LogP contribution is -2.34. The summed E-state index contributed by atoms with van der Waals surface area (Å²) in [5, 5.41) is 25.3. The van der Waals surface area contributed by atoms with E-state index >= 15 is 0 Å². The average molecular weight is 211 g/mol. The molecule has 0 saturated heterocycles. The summed E-state index contributed by atoms with van der Waals surface area (Å²) >= 11 is 0. The maximum atomic E-state index is 10.2. The topological polar surface area (TPSA) is 142 Å². The number of carbonyl (C=O) groups is 1. The second kappa shape index (κ2) is 12.2. The van der Waals surface area contributed by atoms with E-state index in [0.29, 0.717) is 0 Å². The van der Waals surface area contributed by atoms with Gasteiger partial charge in [-0.05, 0) is 0 Å². The molecule has 0 aromatic rings. The zero-order valence-electron chi connectivity index (χ0n) is 7.80. The van der Waals surface area contributed by atoms with Crippen molar-refractivity contribution < 1.29 is 25.1 Å². The average Bonchev–Trinajstić information content (AvgIpc) is 2.05. The van der Waals surface area contributed by atoms with Crippen molar-refractivity contribution in [2.75, 3.05) is 32.8 Å². The van der Waals surface area contributed by atoms with Gasteiger partial charge >= 0.3 is 5.97 Å². The minimum atomic E-state index is -0.952. The first-order chi connectivity index (χ1) is 6.62. The third-order valence-electron chi connectivity index (χ3n) is 1.19. The molecular formula is C6H17N3O5. The van der Waals surface area contributed by atoms with Gasteiger partial charge in [-0.25, -0.2) is 4.94 Å². The van der Waals surface area contributed by atoms with E-state index in [1.165, 1.54) is 4.90 Å². The van der Waals surface area contributed by atoms with Crippen LogP contribution in [0.3, 0.4) is 0 Å². The molecule has 0 saturated carbocycles. The van der Waals surface area contributed by atoms with Gasteiger partial charge in [-0.15, -0.1) is 0 Å². The Bertz CT molecular complexity index is 129. The molecule has 0 aliphatic rings. The molecule has 0 amide bonds. The number of aliphatic hydroxyl groups excluding tert-OH is 2. The molecule has 0 atom stereocenters. The number of aliphatic carboxylic acids is 1. The number of hydrogen-bond acceptors (Lipinski definition) is 7. The van der Waals surface area contributed by atoms with Crippen LogP contribution in [0.5, 0.6) is 0 Å². The molecular weight excluding hydrogens is 194 g/mol. The van der Waals surface area contributed by atoms with E-state index in [4.69, 9.17) is 15.3 Å². The van der Waals surface area contributed by atoms with Crippen molar-refractivity contribution in [3.63, 3.8) is 0 Å². The van der Waals surface area contributed by atoms with Gasteiger partial charge in [0, 0.05) is 13.1 Å². The molecule has 0 aliphatic heterocycles. The number of carboxylic acid groups (broad SMARTS) is 1. The highest BCUT2D eigenvalue weighted by atomic mass is 16.7. The highest BCUT2D eigenvalue weighted by molar-refractivity contribution is 5.69. The van der Waals surface area contributed by atoms with Gasteiger partial charge in [0.25, 0.3) is 0 Å². The van der Waals surface area contributed by atoms with E-state index in [-0.39, 0.29) is 32.8 Å². The minimum absolute atomic E-state index is 0.0900. The lowest BCUT2D eigenvalue weighted by atomic mass is 10.4. The largest absolute Gasteiger partial charge is 0.480 e. The van der Waals surface area contributed by atoms with E-state index in [1.54, 1.807) is 0 Å². The monoisotopic (exact) mass is 211 g/mol. The molecule has 0 aliphatic carbocycles. The zero-order chi connectivity index (χ0) is 11.4. The van der Waals surface area contributed by atoms with Gasteiger partial charge in [-0.1, -0.05) is 0 Å². The van der Waals surface area contributed by atoms with Gasteiger partial charge in [0.1, 0.15) is 0 Å². The van der Waals surface area contributed by atoms with Crippen LogP contribution in [0, 0.1) is 0 Å². The van der Waals surface area contributed by atoms with Crippen LogP contribution in [-0.4, -0.2) is 59.0 Å². The smallest absolute Gasteiger partial charge is 0.317 e. The normalized spacial score (nSPS) is 9.50. The number of nitrogens with two attached hydrogens (primary N) is 2. The maximum absolute atomic E-state index is 10.2. The highest BCUT2D eigenvalue weighted by Gasteiger charge is 2.06. The third-order valence-corrected chi connectivity index (χ3v) is 1.19. The van der Waals surface area contributed by atoms with Crippen molar-refractivity contribution in [2.24, 2.45) is 11.8 Å². The zero-order valence-corrected chi connectivity index (χ0v) is 7.80. The molecule has 0 fully saturated rings. The maximum Gasteiger partial charge on any atom is 0.317 e. The molecule has 86 valence electrons. The van der Waals surface area contributed by atoms with Crippen LogP contribution in [-0.2, 0) is 9.73 Å². The third kappa shape index (κ3) is 13.8. The molecule has 14 heavy (non-hydrogen) atoms. The quantitative estimate of drug-likeness (QED) is 0.295. The Hall–Kier alpha value is -0.770. The lowest BCUT2D eigenvalue weighted by Gasteiger charge is -2.16. The van der Waals surface area contributed by atoms with Crippen LogP contribution in [0.15, 0.2) is 0 Å². The fourth-order valence-corrected chi connectivity index (χ4v) is 0.744. The Morgan fingerprint density at radius 2 is 1.57 bits per heavy atom. The molecule has 0 unspecified atom stereocenters. The van der Waals surface area contributed by atoms with Gasteiger partial charge in [0.2, 0.25) is 0 Å². The summed E-state index contributed by atoms with van der Waals surface area (Å²) in [5.41, 5.74) is 0. The van der Waals surface area contributed by atoms with Crippen molar-refractivity contribution in [2.45, 2.75) is 0 Å². The van der Waals surface area contributed by atoms with Crippen molar-refractivity contribution in [1.82, 2.24) is 4.90 Å². The van der Waals surface area contributed by atoms with Crippen molar-refractivity contribution in [3.05, 3.63) is 0 Å². The molecule has 0 spiro atoms. The first-order valence-electron chi connectivity index (χ1n) is 3.83. The van der Waals surface area contributed by atoms with E-state index in [2.05, 4.69) is 16.7 Å². The molecule has 7 N–H and O–H groups in total. The summed E-state index contributed by atoms with van der Waals surface area (Å²) in [6, 6.07) is 0. The van der Waals surface area contributed by atoms with Crippen LogP contribution in [0.25, 0.3) is 0 Å². The Labute approximate surface area is 81.6 Å². The number of nitrogens with zero attached hydrogens (tertiary/aromatic N) is 1. The number of carboxylic acids is 1. The summed E-state index contributed by atoms with van der Waals surface area (Å²) < 4.78 is 0. The van der Waals surface area contributed by atoms with Gasteiger partial charge in [-0.2, -0.15) is 11.8 Å². The number of hydrogen-bond donors (Lipinski definition) is 5. The van der Waals surface area contributed by atoms with Gasteiger partial charge in [0.15, 0.2) is 0 Å². The Balaban J connectivity index is 0. The first-order valence-corrected chi connectivity index (χ1v) is 3.83. The SMILES string of the molecule is NON.O=C(O)CN(CCO)CCO. The molecule has 8 nitrogen and oxygen atoms in total. The number of rotatable bonds is 6. The van der Waals surface area contributed by atoms with Crippen molar-refractivity contribution >= 4 is 5.97 Å². The van der Waals surface area contributed by atoms with E-state index in [9.17, 15) is 4.79 Å². The van der Waals surface area contributed by atoms with E-state index in [1.807, 2.05) is 0 Å². The molecule has 0 rings (SSSR count). The molecule has 8 heteroatoms. The summed E-state index contributed by atoms with van der Waals surface area (Å²) in [7, 11) is 0. The molecule has 0 heterocycles. The van der Waals surface area contributed by atoms with E-state index in [0.717, 1.165) is 0 Å². The Morgan fingerprint density at radius 1 is 1.21 bits per heavy atom. The minimum Gasteiger partial charge on any atom is -0.480 e. The van der Waals surface area contributed by atoms with Crippen LogP contribution in [0.1, 0.15) is 0 Å². The van der Waals surface area contributed by atoms with Gasteiger partial charge in [-0.3, -0.25) is 9.69 Å². The first kappa shape index (κ1) is 15.7. The lowest BCUT2D eigenvalue weighted by molar-refractivity contribution is -0.138. The summed E-state index contributed by atoms with van der Waals surface area (Å²) in [4.78, 5) is 14.9. The molecule has 0 aromatic carbocycles. The van der Waals surface area contributed by atoms with E-state index < -0.39 is 5.97 Å². The summed E-state index contributed by atoms with van der Waals surface area (Å²) in [5.74, 6) is 7.30. The van der Waals surface area contributed by atoms with Crippen molar-refractivity contribution in [3.8, 4) is 0 Å². The van der Waals surface area contributed by atoms with Crippen LogP contribution < -0.4 is 11.8 Å². The predicted octanol–water partition coefficient (Wildman–Crippen LogP) is -2.89. The van der Waals surface area contributed by atoms with Gasteiger partial charge in [0.05, 0.1) is 19.8 Å². The van der Waals surface area contributed by atoms with Crippen molar-refractivity contribution in [1.29, 1.82) is 0 Å². The highest BCUT2D eigenvalue weighted by Crippen LogP contribution is 1.85. The van der Waals surface area contributed by atoms with Crippen LogP contribution >= 0.6 is 0 Å². The van der Waals surface area contributed by atoms with Crippen LogP contribution in [0.4, 0.5) is 0 Å². The Morgan fingerprint density at radius 3 is 1.79 bits per heavy atom. The van der Waals surface area contributed by atoms with Crippen LogP contribution in [0.2, 0.25) is 0 Å². The number of aliphatic hydroxyl groups is 2. The summed E-state index contributed by atoms with van der Waals surface area (Å²) in [6.07, 6.45) is 0. The molecule has 0 bridgehead atoms. The second-order valence-corrected chi connectivity index (χ2v) is 2.25. The summed E-state index contributed by atoms with van der Waals surface area (Å²) in [6.45, 7) is 0.251. The molecule has 0 radical (unpaired) electrons. The Kier molecular flexibility index (Phi) is 13.7. The fourth-order valence-electron chi connectivity index (χ4n) is 0.744. The van der Waals surface area contributed by atoms with Gasteiger partial charge < -0.3 is 15.3 Å². The molecule has 0 aromatic heterocycles. The standard InChI is InChI=1S/C6H13NO4.H4N2O/c8-3-1-7(2-4-9)5-6(10)11;1-3-2/h8-9H,1-5H2,(H,10,11);1-2H2. The fraction of sp³-hybridized carbons (Fsp3) is 0.833.